The smallest absolute Gasteiger partial charge is 0.162 e. The van der Waals surface area contributed by atoms with Gasteiger partial charge in [0, 0.05) is 12.8 Å². The van der Waals surface area contributed by atoms with Crippen molar-refractivity contribution in [3.63, 3.8) is 0 Å². The Morgan fingerprint density at radius 2 is 1.02 bits per heavy atom. The first-order valence-corrected chi connectivity index (χ1v) is 18.1. The molecule has 7 heteroatoms. The second kappa shape index (κ2) is 27.2. The van der Waals surface area contributed by atoms with E-state index >= 15 is 0 Å². The van der Waals surface area contributed by atoms with E-state index in [4.69, 9.17) is 38.6 Å². The first-order chi connectivity index (χ1) is 20.0. The van der Waals surface area contributed by atoms with Crippen molar-refractivity contribution in [2.24, 2.45) is 0 Å². The molecule has 0 aliphatic carbocycles. The normalized spacial score (nSPS) is 19.4. The number of hydrogen-bond acceptors (Lipinski definition) is 7. The van der Waals surface area contributed by atoms with Crippen LogP contribution in [0.3, 0.4) is 0 Å². The number of ether oxygens (including phenoxy) is 3. The summed E-state index contributed by atoms with van der Waals surface area (Å²) < 4.78 is 17.6. The van der Waals surface area contributed by atoms with Crippen LogP contribution < -0.4 is 0 Å². The predicted molar refractivity (Wildman–Crippen MR) is 180 cm³/mol. The molecule has 0 spiro atoms. The summed E-state index contributed by atoms with van der Waals surface area (Å²) in [5.74, 6) is 0. The summed E-state index contributed by atoms with van der Waals surface area (Å²) in [7, 11) is 0. The van der Waals surface area contributed by atoms with Gasteiger partial charge >= 0.3 is 0 Å². The second-order valence-corrected chi connectivity index (χ2v) is 13.0. The van der Waals surface area contributed by atoms with Gasteiger partial charge in [0.15, 0.2) is 16.2 Å². The molecule has 242 valence electrons. The first kappa shape index (κ1) is 38.7. The van der Waals surface area contributed by atoms with Gasteiger partial charge in [-0.2, -0.15) is 0 Å². The summed E-state index contributed by atoms with van der Waals surface area (Å²) in [5.41, 5.74) is 0. The molecule has 2 N–H and O–H groups in total. The third-order valence-corrected chi connectivity index (χ3v) is 8.84. The highest BCUT2D eigenvalue weighted by Crippen LogP contribution is 2.22. The van der Waals surface area contributed by atoms with Crippen LogP contribution in [0.4, 0.5) is 0 Å². The maximum absolute atomic E-state index is 10.4. The molecule has 1 rings (SSSR count). The predicted octanol–water partition coefficient (Wildman–Crippen LogP) is 9.57. The zero-order valence-corrected chi connectivity index (χ0v) is 28.3. The number of aliphatic hydroxyl groups excluding tert-OH is 2. The van der Waals surface area contributed by atoms with Gasteiger partial charge in [-0.25, -0.2) is 0 Å². The molecular weight excluding hydrogens is 553 g/mol. The summed E-state index contributed by atoms with van der Waals surface area (Å²) >= 11 is 11.0. The lowest BCUT2D eigenvalue weighted by molar-refractivity contribution is -0.0600. The topological polar surface area (TPSA) is 68.2 Å². The number of unbranched alkanes of at least 4 members (excludes halogenated alkanes) is 20. The number of thiocarbonyl (C=S) groups is 2. The molecular formula is C34H64O5S2. The van der Waals surface area contributed by atoms with Gasteiger partial charge in [0.2, 0.25) is 0 Å². The minimum absolute atomic E-state index is 0.0836. The highest BCUT2D eigenvalue weighted by atomic mass is 32.1. The van der Waals surface area contributed by atoms with Crippen molar-refractivity contribution < 1.29 is 24.4 Å². The Hall–Kier alpha value is -0.340. The Kier molecular flexibility index (Phi) is 25.7. The van der Waals surface area contributed by atoms with E-state index in [9.17, 15) is 10.2 Å². The fraction of sp³-hybridized carbons (Fsp3) is 0.941. The Morgan fingerprint density at radius 1 is 0.634 bits per heavy atom. The molecule has 0 aromatic rings. The van der Waals surface area contributed by atoms with E-state index in [0.29, 0.717) is 16.5 Å². The number of rotatable bonds is 28. The lowest BCUT2D eigenvalue weighted by Gasteiger charge is -2.27. The van der Waals surface area contributed by atoms with E-state index in [1.807, 2.05) is 0 Å². The highest BCUT2D eigenvalue weighted by molar-refractivity contribution is 7.80. The molecule has 0 aromatic carbocycles. The van der Waals surface area contributed by atoms with Gasteiger partial charge in [0.1, 0.15) is 24.9 Å². The van der Waals surface area contributed by atoms with Crippen LogP contribution >= 0.6 is 24.4 Å². The zero-order chi connectivity index (χ0) is 30.0. The van der Waals surface area contributed by atoms with Gasteiger partial charge < -0.3 is 24.4 Å². The monoisotopic (exact) mass is 616 g/mol. The number of hydrogen-bond donors (Lipinski definition) is 2. The summed E-state index contributed by atoms with van der Waals surface area (Å²) in [5, 5.41) is 21.5. The van der Waals surface area contributed by atoms with Crippen LogP contribution in [0.15, 0.2) is 0 Å². The lowest BCUT2D eigenvalue weighted by Crippen LogP contribution is -2.43. The lowest BCUT2D eigenvalue weighted by atomic mass is 10.1. The molecule has 1 aliphatic rings. The highest BCUT2D eigenvalue weighted by Gasteiger charge is 2.41. The van der Waals surface area contributed by atoms with Crippen LogP contribution in [-0.4, -0.2) is 57.9 Å². The fourth-order valence-corrected chi connectivity index (χ4v) is 5.97. The van der Waals surface area contributed by atoms with E-state index < -0.39 is 24.4 Å². The van der Waals surface area contributed by atoms with Crippen molar-refractivity contribution in [2.75, 3.05) is 13.2 Å². The molecule has 4 atom stereocenters. The van der Waals surface area contributed by atoms with Crippen LogP contribution in [0.1, 0.15) is 168 Å². The van der Waals surface area contributed by atoms with Crippen molar-refractivity contribution in [2.45, 2.75) is 192 Å². The SMILES string of the molecule is CCCCCCCCCCCCCC(=S)OC[C@@H](OC(=S)CCCCCCCCCCCCC)[C@H]1OC[C@H](O)[C@H]1O. The maximum Gasteiger partial charge on any atom is 0.162 e. The molecule has 0 saturated carbocycles. The summed E-state index contributed by atoms with van der Waals surface area (Å²) in [6.07, 6.45) is 26.7. The van der Waals surface area contributed by atoms with Crippen molar-refractivity contribution in [1.82, 2.24) is 0 Å². The molecule has 1 heterocycles. The first-order valence-electron chi connectivity index (χ1n) is 17.3. The minimum atomic E-state index is -1.02. The summed E-state index contributed by atoms with van der Waals surface area (Å²) in [6.45, 7) is 4.78. The van der Waals surface area contributed by atoms with Gasteiger partial charge in [0.25, 0.3) is 0 Å². The Balaban J connectivity index is 2.20. The average molecular weight is 617 g/mol. The molecule has 0 radical (unpaired) electrons. The largest absolute Gasteiger partial charge is 0.483 e. The summed E-state index contributed by atoms with van der Waals surface area (Å²) in [4.78, 5) is 0. The van der Waals surface area contributed by atoms with Crippen LogP contribution in [0.5, 0.6) is 0 Å². The summed E-state index contributed by atoms with van der Waals surface area (Å²) in [6, 6.07) is 0. The van der Waals surface area contributed by atoms with Crippen LogP contribution in [0, 0.1) is 0 Å². The standard InChI is InChI=1S/C34H64O5S2/c1-3-5-7-9-11-13-15-17-19-21-23-25-31(40)37-28-30(34-33(36)29(35)27-38-34)39-32(41)26-24-22-20-18-16-14-12-10-8-6-4-2/h29-30,33-36H,3-28H2,1-2H3/t29-,30+,33+,34+/m0/s1. The molecule has 5 nitrogen and oxygen atoms in total. The molecule has 1 fully saturated rings. The molecule has 0 bridgehead atoms. The van der Waals surface area contributed by atoms with Crippen molar-refractivity contribution in [3.8, 4) is 0 Å². The second-order valence-electron chi connectivity index (χ2n) is 12.1. The quantitative estimate of drug-likeness (QED) is 0.0670. The molecule has 0 unspecified atom stereocenters. The number of aliphatic hydroxyl groups is 2. The third kappa shape index (κ3) is 21.1. The molecule has 1 saturated heterocycles. The Labute approximate surface area is 263 Å². The van der Waals surface area contributed by atoms with E-state index in [1.165, 1.54) is 122 Å². The molecule has 0 aromatic heterocycles. The van der Waals surface area contributed by atoms with Gasteiger partial charge in [0.05, 0.1) is 6.61 Å². The Bertz CT molecular complexity index is 632. The van der Waals surface area contributed by atoms with Crippen LogP contribution in [0.2, 0.25) is 0 Å². The fourth-order valence-electron chi connectivity index (χ4n) is 5.49. The molecule has 1 aliphatic heterocycles. The van der Waals surface area contributed by atoms with Crippen LogP contribution in [0.25, 0.3) is 0 Å². The van der Waals surface area contributed by atoms with E-state index in [2.05, 4.69) is 13.8 Å². The molecule has 0 amide bonds. The van der Waals surface area contributed by atoms with Gasteiger partial charge in [-0.3, -0.25) is 0 Å². The van der Waals surface area contributed by atoms with E-state index in [-0.39, 0.29) is 13.2 Å². The molecule has 41 heavy (non-hydrogen) atoms. The van der Waals surface area contributed by atoms with Crippen molar-refractivity contribution in [3.05, 3.63) is 0 Å². The van der Waals surface area contributed by atoms with Gasteiger partial charge in [-0.05, 0) is 37.3 Å². The minimum Gasteiger partial charge on any atom is -0.483 e. The van der Waals surface area contributed by atoms with Crippen molar-refractivity contribution in [1.29, 1.82) is 0 Å². The van der Waals surface area contributed by atoms with E-state index in [0.717, 1.165) is 25.7 Å². The maximum atomic E-state index is 10.4. The van der Waals surface area contributed by atoms with Gasteiger partial charge in [-0.15, -0.1) is 0 Å². The average Bonchev–Trinajstić information content (AvgIpc) is 3.30. The van der Waals surface area contributed by atoms with Crippen molar-refractivity contribution >= 4 is 34.5 Å². The van der Waals surface area contributed by atoms with Gasteiger partial charge in [-0.1, -0.05) is 142 Å². The Morgan fingerprint density at radius 3 is 1.41 bits per heavy atom. The third-order valence-electron chi connectivity index (χ3n) is 8.22. The zero-order valence-electron chi connectivity index (χ0n) is 26.6. The van der Waals surface area contributed by atoms with Crippen LogP contribution in [-0.2, 0) is 14.2 Å². The van der Waals surface area contributed by atoms with E-state index in [1.54, 1.807) is 0 Å².